The van der Waals surface area contributed by atoms with Crippen LogP contribution in [0.1, 0.15) is 27.8 Å². The van der Waals surface area contributed by atoms with Crippen molar-refractivity contribution in [3.63, 3.8) is 0 Å². The van der Waals surface area contributed by atoms with Gasteiger partial charge in [0, 0.05) is 26.9 Å². The number of halogens is 2. The Hall–Kier alpha value is -7.98. The van der Waals surface area contributed by atoms with Crippen LogP contribution in [0.5, 0.6) is 0 Å². The van der Waals surface area contributed by atoms with Crippen molar-refractivity contribution in [3.8, 4) is 44.5 Å². The van der Waals surface area contributed by atoms with Crippen LogP contribution in [0.2, 0.25) is 10.0 Å². The predicted octanol–water partition coefficient (Wildman–Crippen LogP) is 17.3. The first-order valence-corrected chi connectivity index (χ1v) is 24.5. The average molecular weight is 938 g/mol. The van der Waals surface area contributed by atoms with Crippen LogP contribution in [0, 0.1) is 0 Å². The van der Waals surface area contributed by atoms with E-state index in [9.17, 15) is 0 Å². The van der Waals surface area contributed by atoms with Gasteiger partial charge in [-0.25, -0.2) is 0 Å². The Kier molecular flexibility index (Phi) is 11.2. The number of hydrogen-bond donors (Lipinski definition) is 2. The molecule has 0 bridgehead atoms. The quantitative estimate of drug-likeness (QED) is 0.151. The van der Waals surface area contributed by atoms with Crippen molar-refractivity contribution in [3.05, 3.63) is 305 Å². The van der Waals surface area contributed by atoms with Crippen molar-refractivity contribution in [1.82, 2.24) is 10.6 Å². The molecule has 4 heteroatoms. The minimum absolute atomic E-state index is 0.718. The van der Waals surface area contributed by atoms with E-state index < -0.39 is 11.2 Å². The van der Waals surface area contributed by atoms with Gasteiger partial charge in [-0.05, 0) is 101 Å². The van der Waals surface area contributed by atoms with Gasteiger partial charge in [-0.15, -0.1) is 0 Å². The van der Waals surface area contributed by atoms with Gasteiger partial charge in [-0.2, -0.15) is 0 Å². The molecule has 11 aromatic rings. The van der Waals surface area contributed by atoms with E-state index >= 15 is 0 Å². The van der Waals surface area contributed by atoms with E-state index in [0.717, 1.165) is 104 Å². The number of hydrogen-bond acceptors (Lipinski definition) is 2. The van der Waals surface area contributed by atoms with Crippen molar-refractivity contribution >= 4 is 50.4 Å². The molecule has 0 saturated heterocycles. The van der Waals surface area contributed by atoms with Crippen LogP contribution >= 0.6 is 23.2 Å². The van der Waals surface area contributed by atoms with E-state index in [1.54, 1.807) is 0 Å². The molecule has 2 unspecified atom stereocenters. The predicted molar refractivity (Wildman–Crippen MR) is 295 cm³/mol. The summed E-state index contributed by atoms with van der Waals surface area (Å²) in [5.41, 5.74) is 13.2. The summed E-state index contributed by atoms with van der Waals surface area (Å²) in [5.74, 6) is 0. The summed E-state index contributed by atoms with van der Waals surface area (Å²) in [7, 11) is 0. The number of fused-ring (bicyclic) bond motifs is 2. The van der Waals surface area contributed by atoms with Gasteiger partial charge >= 0.3 is 0 Å². The molecule has 0 aromatic heterocycles. The highest BCUT2D eigenvalue weighted by atomic mass is 35.5. The first-order chi connectivity index (χ1) is 34.5. The molecule has 0 spiro atoms. The van der Waals surface area contributed by atoms with Crippen LogP contribution in [-0.2, 0) is 11.2 Å². The molecule has 0 amide bonds. The molecule has 334 valence electrons. The molecule has 0 fully saturated rings. The number of nitrogens with one attached hydrogen (secondary N) is 2. The molecular formula is C66H46Cl2N2. The van der Waals surface area contributed by atoms with Crippen LogP contribution in [0.15, 0.2) is 267 Å². The first kappa shape index (κ1) is 43.3. The molecule has 12 rings (SSSR count). The Morgan fingerprint density at radius 1 is 0.286 bits per heavy atom. The van der Waals surface area contributed by atoms with Crippen molar-refractivity contribution in [2.24, 2.45) is 0 Å². The highest BCUT2D eigenvalue weighted by molar-refractivity contribution is 6.35. The lowest BCUT2D eigenvalue weighted by molar-refractivity contribution is 0.273. The highest BCUT2D eigenvalue weighted by Crippen LogP contribution is 2.46. The molecule has 0 radical (unpaired) electrons. The molecule has 70 heavy (non-hydrogen) atoms. The van der Waals surface area contributed by atoms with Gasteiger partial charge in [-0.3, -0.25) is 5.32 Å². The lowest BCUT2D eigenvalue weighted by atomic mass is 9.75. The minimum Gasteiger partial charge on any atom is -0.359 e. The van der Waals surface area contributed by atoms with E-state index in [0.29, 0.717) is 0 Å². The lowest BCUT2D eigenvalue weighted by Crippen LogP contribution is -2.64. The van der Waals surface area contributed by atoms with E-state index in [2.05, 4.69) is 265 Å². The molecule has 2 N–H and O–H groups in total. The summed E-state index contributed by atoms with van der Waals surface area (Å²) in [6.07, 6.45) is 2.38. The van der Waals surface area contributed by atoms with Gasteiger partial charge in [0.15, 0.2) is 0 Å². The highest BCUT2D eigenvalue weighted by Gasteiger charge is 2.48. The van der Waals surface area contributed by atoms with Crippen molar-refractivity contribution in [2.45, 2.75) is 11.2 Å². The second-order valence-corrected chi connectivity index (χ2v) is 18.9. The second-order valence-electron chi connectivity index (χ2n) is 18.1. The van der Waals surface area contributed by atoms with Crippen molar-refractivity contribution in [1.29, 1.82) is 0 Å². The Labute approximate surface area is 419 Å². The Morgan fingerprint density at radius 2 is 0.643 bits per heavy atom. The van der Waals surface area contributed by atoms with Gasteiger partial charge in [0.05, 0.1) is 5.54 Å². The molecule has 0 saturated carbocycles. The molecule has 1 aliphatic rings. The largest absolute Gasteiger partial charge is 0.359 e. The van der Waals surface area contributed by atoms with Crippen LogP contribution in [0.25, 0.3) is 71.7 Å². The zero-order chi connectivity index (χ0) is 47.1. The summed E-state index contributed by atoms with van der Waals surface area (Å²) in [4.78, 5) is 0. The molecular weight excluding hydrogens is 892 g/mol. The smallest absolute Gasteiger partial charge is 0.142 e. The summed E-state index contributed by atoms with van der Waals surface area (Å²) in [6, 6.07) is 92.8. The van der Waals surface area contributed by atoms with Crippen molar-refractivity contribution < 1.29 is 0 Å². The van der Waals surface area contributed by atoms with E-state index in [-0.39, 0.29) is 0 Å². The molecule has 1 heterocycles. The SMILES string of the molecule is Clc1ccc2ccccc2c1-c1ccc(C2=CC(c3ccc(-c4ccccc4)cc3)(c3ccc(-c4c(Cl)ccc5ccccc45)cc3)NC(c3ccccc3)(c3ccc(-c4ccccc4)cc3)N2)cc1. The van der Waals surface area contributed by atoms with Gasteiger partial charge in [-0.1, -0.05) is 272 Å². The Morgan fingerprint density at radius 3 is 1.13 bits per heavy atom. The fourth-order valence-corrected chi connectivity index (χ4v) is 11.0. The third-order valence-electron chi connectivity index (χ3n) is 14.0. The minimum atomic E-state index is -0.951. The van der Waals surface area contributed by atoms with E-state index in [1.807, 2.05) is 12.1 Å². The zero-order valence-corrected chi connectivity index (χ0v) is 39.7. The summed E-state index contributed by atoms with van der Waals surface area (Å²) in [6.45, 7) is 0. The van der Waals surface area contributed by atoms with E-state index in [1.165, 1.54) is 5.56 Å². The number of benzene rings is 11. The monoisotopic (exact) mass is 936 g/mol. The Balaban J connectivity index is 1.10. The zero-order valence-electron chi connectivity index (χ0n) is 38.2. The van der Waals surface area contributed by atoms with Crippen molar-refractivity contribution in [2.75, 3.05) is 0 Å². The maximum Gasteiger partial charge on any atom is 0.142 e. The molecule has 2 atom stereocenters. The van der Waals surface area contributed by atoms with Gasteiger partial charge in [0.2, 0.25) is 0 Å². The fourth-order valence-electron chi connectivity index (χ4n) is 10.5. The van der Waals surface area contributed by atoms with Crippen LogP contribution in [0.3, 0.4) is 0 Å². The lowest BCUT2D eigenvalue weighted by Gasteiger charge is -2.50. The Bertz CT molecular complexity index is 3690. The van der Waals surface area contributed by atoms with Gasteiger partial charge in [0.25, 0.3) is 0 Å². The first-order valence-electron chi connectivity index (χ1n) is 23.7. The van der Waals surface area contributed by atoms with Crippen LogP contribution in [0.4, 0.5) is 0 Å². The summed E-state index contributed by atoms with van der Waals surface area (Å²) >= 11 is 14.1. The molecule has 11 aromatic carbocycles. The third kappa shape index (κ3) is 7.77. The second kappa shape index (κ2) is 18.2. The van der Waals surface area contributed by atoms with Gasteiger partial charge in [0.1, 0.15) is 5.66 Å². The molecule has 1 aliphatic heterocycles. The maximum absolute atomic E-state index is 7.08. The molecule has 2 nitrogen and oxygen atoms in total. The summed E-state index contributed by atoms with van der Waals surface area (Å²) in [5, 5.41) is 14.5. The number of rotatable bonds is 9. The fraction of sp³-hybridized carbons (Fsp3) is 0.0303. The normalized spacial score (nSPS) is 16.7. The van der Waals surface area contributed by atoms with E-state index in [4.69, 9.17) is 23.2 Å². The topological polar surface area (TPSA) is 24.1 Å². The maximum atomic E-state index is 7.08. The molecule has 0 aliphatic carbocycles. The summed E-state index contributed by atoms with van der Waals surface area (Å²) < 4.78 is 0. The standard InChI is InChI=1S/C66H46Cl2N2/c67-60-42-34-49-18-10-12-22-58(49)63(60)52-26-24-51(25-27-52)62-44-65(54-36-28-47(29-37-54)45-14-4-1-5-15-45,55-38-32-53(33-39-55)64-59-23-13-11-19-50(59)35-43-61(64)68)70-66(69-62,56-20-8-3-9-21-56)57-40-30-48(31-41-57)46-16-6-2-7-17-46/h1-44,69-70H. The van der Waals surface area contributed by atoms with Crippen LogP contribution in [-0.4, -0.2) is 0 Å². The average Bonchev–Trinajstić information content (AvgIpc) is 3.44. The third-order valence-corrected chi connectivity index (χ3v) is 14.6. The van der Waals surface area contributed by atoms with Gasteiger partial charge < -0.3 is 5.32 Å². The van der Waals surface area contributed by atoms with Crippen LogP contribution < -0.4 is 10.6 Å².